The van der Waals surface area contributed by atoms with Gasteiger partial charge in [0.1, 0.15) is 5.54 Å². The van der Waals surface area contributed by atoms with Gasteiger partial charge in [-0.3, -0.25) is 9.69 Å². The van der Waals surface area contributed by atoms with E-state index in [9.17, 15) is 9.59 Å². The minimum atomic E-state index is -0.898. The summed E-state index contributed by atoms with van der Waals surface area (Å²) in [6.45, 7) is 1.34. The molecule has 0 aliphatic carbocycles. The molecule has 2 aliphatic heterocycles. The maximum atomic E-state index is 13.1. The molecule has 1 aromatic carbocycles. The fourth-order valence-corrected chi connectivity index (χ4v) is 3.31. The van der Waals surface area contributed by atoms with Crippen LogP contribution in [0.15, 0.2) is 30.3 Å². The topological polar surface area (TPSA) is 107 Å². The first-order valence-electron chi connectivity index (χ1n) is 7.42. The molecule has 118 valence electrons. The number of imide groups is 1. The molecule has 0 radical (unpaired) electrons. The summed E-state index contributed by atoms with van der Waals surface area (Å²) < 4.78 is 0. The van der Waals surface area contributed by atoms with Crippen LogP contribution in [0.5, 0.6) is 0 Å². The molecule has 2 fully saturated rings. The monoisotopic (exact) mass is 313 g/mol. The number of H-pyrrole nitrogens is 1. The Bertz CT molecular complexity index is 725. The molecule has 2 saturated heterocycles. The van der Waals surface area contributed by atoms with E-state index < -0.39 is 11.6 Å². The Hall–Kier alpha value is -2.81. The molecule has 3 amide bonds. The molecule has 3 heterocycles. The van der Waals surface area contributed by atoms with Gasteiger partial charge in [0, 0.05) is 5.69 Å². The summed E-state index contributed by atoms with van der Waals surface area (Å²) >= 11 is 0. The SMILES string of the molecule is O=C1N(c2nn[nH]n2)C(=O)C2(CCNCC2)N1c1ccccc1. The number of carbonyl (C=O) groups excluding carboxylic acids is 2. The molecular formula is C14H15N7O2. The molecule has 9 nitrogen and oxygen atoms in total. The minimum absolute atomic E-state index is 0.0173. The summed E-state index contributed by atoms with van der Waals surface area (Å²) in [5.41, 5.74) is -0.205. The van der Waals surface area contributed by atoms with Gasteiger partial charge in [0.2, 0.25) is 0 Å². The number of para-hydroxylation sites is 1. The highest BCUT2D eigenvalue weighted by Crippen LogP contribution is 2.40. The van der Waals surface area contributed by atoms with E-state index in [1.165, 1.54) is 0 Å². The summed E-state index contributed by atoms with van der Waals surface area (Å²) in [6.07, 6.45) is 1.08. The lowest BCUT2D eigenvalue weighted by atomic mass is 9.86. The number of hydrogen-bond donors (Lipinski definition) is 2. The van der Waals surface area contributed by atoms with E-state index in [2.05, 4.69) is 25.9 Å². The van der Waals surface area contributed by atoms with Crippen molar-refractivity contribution < 1.29 is 9.59 Å². The van der Waals surface area contributed by atoms with Gasteiger partial charge in [-0.05, 0) is 43.3 Å². The zero-order chi connectivity index (χ0) is 15.9. The van der Waals surface area contributed by atoms with Crippen LogP contribution in [0.4, 0.5) is 16.4 Å². The number of anilines is 2. The van der Waals surface area contributed by atoms with E-state index in [4.69, 9.17) is 0 Å². The van der Waals surface area contributed by atoms with Crippen LogP contribution < -0.4 is 15.1 Å². The zero-order valence-corrected chi connectivity index (χ0v) is 12.3. The van der Waals surface area contributed by atoms with Crippen LogP contribution in [0.1, 0.15) is 12.8 Å². The van der Waals surface area contributed by atoms with Gasteiger partial charge in [-0.2, -0.15) is 10.1 Å². The predicted octanol–water partition coefficient (Wildman–Crippen LogP) is 0.295. The maximum Gasteiger partial charge on any atom is 0.339 e. The Labute approximate surface area is 131 Å². The molecule has 0 bridgehead atoms. The van der Waals surface area contributed by atoms with Crippen molar-refractivity contribution >= 4 is 23.6 Å². The van der Waals surface area contributed by atoms with E-state index in [-0.39, 0.29) is 11.9 Å². The van der Waals surface area contributed by atoms with Crippen molar-refractivity contribution in [2.45, 2.75) is 18.4 Å². The van der Waals surface area contributed by atoms with Crippen LogP contribution in [0.2, 0.25) is 0 Å². The van der Waals surface area contributed by atoms with Crippen molar-refractivity contribution in [3.05, 3.63) is 30.3 Å². The fourth-order valence-electron chi connectivity index (χ4n) is 3.31. The Kier molecular flexibility index (Phi) is 3.08. The first-order chi connectivity index (χ1) is 11.2. The van der Waals surface area contributed by atoms with Crippen molar-refractivity contribution in [2.24, 2.45) is 0 Å². The molecule has 1 aromatic heterocycles. The van der Waals surface area contributed by atoms with Gasteiger partial charge in [-0.25, -0.2) is 4.79 Å². The molecule has 0 atom stereocenters. The smallest absolute Gasteiger partial charge is 0.317 e. The number of rotatable bonds is 2. The van der Waals surface area contributed by atoms with Gasteiger partial charge in [0.25, 0.3) is 11.9 Å². The third kappa shape index (κ3) is 1.93. The normalized spacial score (nSPS) is 20.5. The van der Waals surface area contributed by atoms with Crippen LogP contribution in [0, 0.1) is 0 Å². The van der Waals surface area contributed by atoms with Crippen LogP contribution >= 0.6 is 0 Å². The van der Waals surface area contributed by atoms with E-state index >= 15 is 0 Å². The highest BCUT2D eigenvalue weighted by molar-refractivity contribution is 6.29. The summed E-state index contributed by atoms with van der Waals surface area (Å²) in [5.74, 6) is -0.314. The fraction of sp³-hybridized carbons (Fsp3) is 0.357. The third-order valence-corrected chi connectivity index (χ3v) is 4.39. The van der Waals surface area contributed by atoms with Crippen LogP contribution in [0.3, 0.4) is 0 Å². The highest BCUT2D eigenvalue weighted by Gasteiger charge is 2.59. The molecule has 1 spiro atoms. The Morgan fingerprint density at radius 1 is 1.09 bits per heavy atom. The number of hydrogen-bond acceptors (Lipinski definition) is 6. The van der Waals surface area contributed by atoms with Crippen molar-refractivity contribution in [1.29, 1.82) is 0 Å². The summed E-state index contributed by atoms with van der Waals surface area (Å²) in [6, 6.07) is 8.78. The van der Waals surface area contributed by atoms with Crippen molar-refractivity contribution in [1.82, 2.24) is 25.9 Å². The van der Waals surface area contributed by atoms with Gasteiger partial charge in [0.15, 0.2) is 0 Å². The van der Waals surface area contributed by atoms with E-state index in [0.29, 0.717) is 31.6 Å². The number of urea groups is 1. The average Bonchev–Trinajstić information content (AvgIpc) is 3.16. The Morgan fingerprint density at radius 3 is 2.48 bits per heavy atom. The number of nitrogens with zero attached hydrogens (tertiary/aromatic N) is 5. The van der Waals surface area contributed by atoms with Gasteiger partial charge < -0.3 is 5.32 Å². The number of aromatic nitrogens is 4. The predicted molar refractivity (Wildman–Crippen MR) is 80.8 cm³/mol. The molecule has 0 saturated carbocycles. The number of carbonyl (C=O) groups is 2. The van der Waals surface area contributed by atoms with Crippen LogP contribution in [-0.4, -0.2) is 51.2 Å². The first-order valence-corrected chi connectivity index (χ1v) is 7.42. The second kappa shape index (κ2) is 5.13. The molecule has 2 aromatic rings. The molecule has 2 aliphatic rings. The number of tetrazole rings is 1. The number of aromatic amines is 1. The van der Waals surface area contributed by atoms with Crippen molar-refractivity contribution in [3.8, 4) is 0 Å². The molecule has 2 N–H and O–H groups in total. The number of piperidine rings is 1. The molecule has 23 heavy (non-hydrogen) atoms. The molecular weight excluding hydrogens is 298 g/mol. The number of nitrogens with one attached hydrogen (secondary N) is 2. The Morgan fingerprint density at radius 2 is 1.83 bits per heavy atom. The average molecular weight is 313 g/mol. The standard InChI is InChI=1S/C14H15N7O2/c22-11-14(6-8-15-9-7-14)21(10-4-2-1-3-5-10)13(23)20(11)12-16-18-19-17-12/h1-5,15H,6-9H2,(H,16,17,18,19). The molecule has 0 unspecified atom stereocenters. The first kappa shape index (κ1) is 13.8. The van der Waals surface area contributed by atoms with Crippen molar-refractivity contribution in [2.75, 3.05) is 22.9 Å². The minimum Gasteiger partial charge on any atom is -0.317 e. The van der Waals surface area contributed by atoms with Crippen LogP contribution in [0.25, 0.3) is 0 Å². The van der Waals surface area contributed by atoms with Crippen LogP contribution in [-0.2, 0) is 4.79 Å². The lowest BCUT2D eigenvalue weighted by Crippen LogP contribution is -2.56. The number of benzene rings is 1. The quantitative estimate of drug-likeness (QED) is 0.772. The second-order valence-corrected chi connectivity index (χ2v) is 5.59. The number of amides is 3. The van der Waals surface area contributed by atoms with Gasteiger partial charge in [-0.15, -0.1) is 5.10 Å². The van der Waals surface area contributed by atoms with Gasteiger partial charge in [-0.1, -0.05) is 23.3 Å². The van der Waals surface area contributed by atoms with E-state index in [1.807, 2.05) is 30.3 Å². The van der Waals surface area contributed by atoms with Gasteiger partial charge in [0.05, 0.1) is 0 Å². The lowest BCUT2D eigenvalue weighted by Gasteiger charge is -2.38. The summed E-state index contributed by atoms with van der Waals surface area (Å²) in [5, 5.41) is 16.6. The molecule has 9 heteroatoms. The van der Waals surface area contributed by atoms with E-state index in [0.717, 1.165) is 4.90 Å². The zero-order valence-electron chi connectivity index (χ0n) is 12.3. The second-order valence-electron chi connectivity index (χ2n) is 5.59. The third-order valence-electron chi connectivity index (χ3n) is 4.39. The van der Waals surface area contributed by atoms with Gasteiger partial charge >= 0.3 is 6.03 Å². The summed E-state index contributed by atoms with van der Waals surface area (Å²) in [4.78, 5) is 28.7. The largest absolute Gasteiger partial charge is 0.339 e. The summed E-state index contributed by atoms with van der Waals surface area (Å²) in [7, 11) is 0. The Balaban J connectivity index is 1.84. The molecule has 4 rings (SSSR count). The highest BCUT2D eigenvalue weighted by atomic mass is 16.2. The van der Waals surface area contributed by atoms with Crippen molar-refractivity contribution in [3.63, 3.8) is 0 Å². The lowest BCUT2D eigenvalue weighted by molar-refractivity contribution is -0.122. The van der Waals surface area contributed by atoms with E-state index in [1.54, 1.807) is 4.90 Å². The maximum absolute atomic E-state index is 13.1.